The van der Waals surface area contributed by atoms with E-state index in [2.05, 4.69) is 11.9 Å². The molecule has 0 saturated carbocycles. The molecule has 0 aliphatic carbocycles. The standard InChI is InChI=1S/C15H19N3OS/c1-10-4-3-8-18(9-6-10)15(19)14-12(16)13-11(20-14)5-2-7-17-13/h2,5,7,10H,3-4,6,8-9,16H2,1H3. The van der Waals surface area contributed by atoms with Crippen molar-refractivity contribution in [2.45, 2.75) is 26.2 Å². The van der Waals surface area contributed by atoms with E-state index in [4.69, 9.17) is 5.73 Å². The van der Waals surface area contributed by atoms with Gasteiger partial charge in [0.25, 0.3) is 5.91 Å². The summed E-state index contributed by atoms with van der Waals surface area (Å²) in [6.45, 7) is 3.93. The Morgan fingerprint density at radius 2 is 2.30 bits per heavy atom. The molecule has 0 aromatic carbocycles. The molecule has 2 N–H and O–H groups in total. The number of nitrogens with two attached hydrogens (primary N) is 1. The van der Waals surface area contributed by atoms with Crippen molar-refractivity contribution >= 4 is 33.1 Å². The average Bonchev–Trinajstić information content (AvgIpc) is 2.64. The number of nitrogen functional groups attached to an aromatic ring is 1. The number of anilines is 1. The van der Waals surface area contributed by atoms with Gasteiger partial charge in [-0.15, -0.1) is 11.3 Å². The Balaban J connectivity index is 1.90. The van der Waals surface area contributed by atoms with Gasteiger partial charge in [0.1, 0.15) is 10.4 Å². The normalized spacial score (nSPS) is 20.1. The molecule has 1 saturated heterocycles. The number of rotatable bonds is 1. The second kappa shape index (κ2) is 5.40. The highest BCUT2D eigenvalue weighted by Gasteiger charge is 2.24. The van der Waals surface area contributed by atoms with Gasteiger partial charge in [-0.1, -0.05) is 6.92 Å². The zero-order valence-corrected chi connectivity index (χ0v) is 12.4. The summed E-state index contributed by atoms with van der Waals surface area (Å²) in [6.07, 6.45) is 5.07. The minimum absolute atomic E-state index is 0.0691. The minimum Gasteiger partial charge on any atom is -0.396 e. The molecule has 1 amide bonds. The molecule has 3 heterocycles. The lowest BCUT2D eigenvalue weighted by molar-refractivity contribution is 0.0766. The Bertz CT molecular complexity index is 637. The molecule has 2 aromatic rings. The van der Waals surface area contributed by atoms with Gasteiger partial charge >= 0.3 is 0 Å². The number of fused-ring (bicyclic) bond motifs is 1. The summed E-state index contributed by atoms with van der Waals surface area (Å²) in [6, 6.07) is 3.84. The predicted octanol–water partition coefficient (Wildman–Crippen LogP) is 3.14. The molecule has 1 aliphatic heterocycles. The van der Waals surface area contributed by atoms with E-state index in [0.717, 1.165) is 36.1 Å². The smallest absolute Gasteiger partial charge is 0.266 e. The molecule has 0 spiro atoms. The van der Waals surface area contributed by atoms with Crippen molar-refractivity contribution in [1.82, 2.24) is 9.88 Å². The van der Waals surface area contributed by atoms with Crippen LogP contribution in [0.2, 0.25) is 0 Å². The SMILES string of the molecule is CC1CCCN(C(=O)c2sc3cccnc3c2N)CC1. The zero-order chi connectivity index (χ0) is 14.1. The molecule has 106 valence electrons. The lowest BCUT2D eigenvalue weighted by atomic mass is 10.0. The molecular formula is C15H19N3OS. The number of carbonyl (C=O) groups excluding carboxylic acids is 1. The number of carbonyl (C=O) groups is 1. The first-order valence-corrected chi connectivity index (χ1v) is 7.90. The van der Waals surface area contributed by atoms with Crippen LogP contribution < -0.4 is 5.73 Å². The van der Waals surface area contributed by atoms with E-state index in [9.17, 15) is 4.79 Å². The number of hydrogen-bond acceptors (Lipinski definition) is 4. The molecule has 1 atom stereocenters. The van der Waals surface area contributed by atoms with Crippen LogP contribution in [-0.4, -0.2) is 28.9 Å². The summed E-state index contributed by atoms with van der Waals surface area (Å²) < 4.78 is 0.983. The maximum atomic E-state index is 12.7. The van der Waals surface area contributed by atoms with Gasteiger partial charge in [-0.3, -0.25) is 9.78 Å². The number of pyridine rings is 1. The fourth-order valence-electron chi connectivity index (χ4n) is 2.72. The van der Waals surface area contributed by atoms with Gasteiger partial charge in [0.2, 0.25) is 0 Å². The molecule has 5 heteroatoms. The topological polar surface area (TPSA) is 59.2 Å². The second-order valence-electron chi connectivity index (χ2n) is 5.52. The molecule has 4 nitrogen and oxygen atoms in total. The number of likely N-dealkylation sites (tertiary alicyclic amines) is 1. The second-order valence-corrected chi connectivity index (χ2v) is 6.58. The summed E-state index contributed by atoms with van der Waals surface area (Å²) in [5.74, 6) is 0.772. The van der Waals surface area contributed by atoms with E-state index in [-0.39, 0.29) is 5.91 Å². The van der Waals surface area contributed by atoms with E-state index >= 15 is 0 Å². The third kappa shape index (κ3) is 2.38. The first-order valence-electron chi connectivity index (χ1n) is 7.09. The Labute approximate surface area is 122 Å². The molecule has 2 aromatic heterocycles. The monoisotopic (exact) mass is 289 g/mol. The lowest BCUT2D eigenvalue weighted by Crippen LogP contribution is -2.31. The summed E-state index contributed by atoms with van der Waals surface area (Å²) in [7, 11) is 0. The zero-order valence-electron chi connectivity index (χ0n) is 11.6. The number of nitrogens with zero attached hydrogens (tertiary/aromatic N) is 2. The van der Waals surface area contributed by atoms with E-state index in [1.807, 2.05) is 17.0 Å². The largest absolute Gasteiger partial charge is 0.396 e. The highest BCUT2D eigenvalue weighted by molar-refractivity contribution is 7.21. The van der Waals surface area contributed by atoms with Crippen LogP contribution in [0.5, 0.6) is 0 Å². The molecule has 20 heavy (non-hydrogen) atoms. The van der Waals surface area contributed by atoms with Crippen LogP contribution in [-0.2, 0) is 0 Å². The van der Waals surface area contributed by atoms with Crippen LogP contribution in [0.15, 0.2) is 18.3 Å². The molecule has 1 fully saturated rings. The summed E-state index contributed by atoms with van der Waals surface area (Å²) in [5.41, 5.74) is 7.40. The molecule has 0 radical (unpaired) electrons. The van der Waals surface area contributed by atoms with Crippen LogP contribution in [0.4, 0.5) is 5.69 Å². The fraction of sp³-hybridized carbons (Fsp3) is 0.467. The number of aromatic nitrogens is 1. The van der Waals surface area contributed by atoms with Gasteiger partial charge in [-0.05, 0) is 37.3 Å². The number of amides is 1. The predicted molar refractivity (Wildman–Crippen MR) is 83.0 cm³/mol. The lowest BCUT2D eigenvalue weighted by Gasteiger charge is -2.19. The first-order chi connectivity index (χ1) is 9.66. The van der Waals surface area contributed by atoms with Crippen molar-refractivity contribution < 1.29 is 4.79 Å². The van der Waals surface area contributed by atoms with Gasteiger partial charge < -0.3 is 10.6 Å². The fourth-order valence-corrected chi connectivity index (χ4v) is 3.77. The maximum absolute atomic E-state index is 12.7. The van der Waals surface area contributed by atoms with Crippen molar-refractivity contribution in [2.75, 3.05) is 18.8 Å². The van der Waals surface area contributed by atoms with Gasteiger partial charge in [-0.2, -0.15) is 0 Å². The van der Waals surface area contributed by atoms with Gasteiger partial charge in [0.15, 0.2) is 0 Å². The molecule has 1 unspecified atom stereocenters. The number of thiophene rings is 1. The highest BCUT2D eigenvalue weighted by Crippen LogP contribution is 2.33. The van der Waals surface area contributed by atoms with E-state index in [0.29, 0.717) is 16.5 Å². The third-order valence-corrected chi connectivity index (χ3v) is 5.13. The quantitative estimate of drug-likeness (QED) is 0.877. The Morgan fingerprint density at radius 3 is 3.10 bits per heavy atom. The molecular weight excluding hydrogens is 270 g/mol. The van der Waals surface area contributed by atoms with Gasteiger partial charge in [-0.25, -0.2) is 0 Å². The molecule has 1 aliphatic rings. The summed E-state index contributed by atoms with van der Waals surface area (Å²) in [4.78, 5) is 19.5. The Morgan fingerprint density at radius 1 is 1.45 bits per heavy atom. The average molecular weight is 289 g/mol. The molecule has 3 rings (SSSR count). The van der Waals surface area contributed by atoms with Crippen molar-refractivity contribution in [3.8, 4) is 0 Å². The van der Waals surface area contributed by atoms with Crippen LogP contribution >= 0.6 is 11.3 Å². The van der Waals surface area contributed by atoms with Gasteiger partial charge in [0.05, 0.1) is 10.4 Å². The van der Waals surface area contributed by atoms with Crippen molar-refractivity contribution in [1.29, 1.82) is 0 Å². The number of hydrogen-bond donors (Lipinski definition) is 1. The van der Waals surface area contributed by atoms with E-state index in [1.54, 1.807) is 6.20 Å². The van der Waals surface area contributed by atoms with Crippen LogP contribution in [0.25, 0.3) is 10.2 Å². The molecule has 0 bridgehead atoms. The minimum atomic E-state index is 0.0691. The van der Waals surface area contributed by atoms with Crippen molar-refractivity contribution in [2.24, 2.45) is 5.92 Å². The van der Waals surface area contributed by atoms with Crippen LogP contribution in [0, 0.1) is 5.92 Å². The highest BCUT2D eigenvalue weighted by atomic mass is 32.1. The van der Waals surface area contributed by atoms with Crippen LogP contribution in [0.3, 0.4) is 0 Å². The summed E-state index contributed by atoms with van der Waals surface area (Å²) >= 11 is 1.45. The Kier molecular flexibility index (Phi) is 3.61. The van der Waals surface area contributed by atoms with Gasteiger partial charge in [0, 0.05) is 19.3 Å². The van der Waals surface area contributed by atoms with E-state index < -0.39 is 0 Å². The third-order valence-electron chi connectivity index (χ3n) is 3.98. The van der Waals surface area contributed by atoms with Crippen molar-refractivity contribution in [3.63, 3.8) is 0 Å². The Hall–Kier alpha value is -1.62. The van der Waals surface area contributed by atoms with E-state index in [1.165, 1.54) is 17.8 Å². The maximum Gasteiger partial charge on any atom is 0.266 e. The summed E-state index contributed by atoms with van der Waals surface area (Å²) in [5, 5.41) is 0. The van der Waals surface area contributed by atoms with Crippen molar-refractivity contribution in [3.05, 3.63) is 23.2 Å². The first kappa shape index (κ1) is 13.4. The van der Waals surface area contributed by atoms with Crippen LogP contribution in [0.1, 0.15) is 35.9 Å².